The van der Waals surface area contributed by atoms with Gasteiger partial charge < -0.3 is 5.32 Å². The molecule has 1 aromatic carbocycles. The van der Waals surface area contributed by atoms with Crippen molar-refractivity contribution in [1.82, 2.24) is 10.2 Å². The lowest BCUT2D eigenvalue weighted by molar-refractivity contribution is -0.129. The number of thioether (sulfide) groups is 1. The minimum absolute atomic E-state index is 0.0726. The summed E-state index contributed by atoms with van der Waals surface area (Å²) in [6, 6.07) is 5.02. The highest BCUT2D eigenvalue weighted by atomic mass is 35.5. The molecule has 1 fully saturated rings. The number of amidine groups is 1. The fourth-order valence-electron chi connectivity index (χ4n) is 2.40. The molecule has 1 unspecified atom stereocenters. The van der Waals surface area contributed by atoms with Crippen molar-refractivity contribution in [2.75, 3.05) is 13.1 Å². The molecule has 8 heteroatoms. The molecule has 1 aliphatic heterocycles. The Morgan fingerprint density at radius 3 is 2.56 bits per heavy atom. The molecule has 0 saturated carbocycles. The Hall–Kier alpha value is -1.24. The maximum Gasteiger partial charge on any atom is 0.242 e. The van der Waals surface area contributed by atoms with Gasteiger partial charge in [0, 0.05) is 29.6 Å². The molecule has 0 spiro atoms. The van der Waals surface area contributed by atoms with Gasteiger partial charge in [0.1, 0.15) is 5.25 Å². The zero-order valence-corrected chi connectivity index (χ0v) is 16.5. The number of hydrogen-bond donors (Lipinski definition) is 1. The van der Waals surface area contributed by atoms with E-state index >= 15 is 0 Å². The zero-order valence-electron chi connectivity index (χ0n) is 14.2. The molecular weight excluding hydrogens is 381 g/mol. The Morgan fingerprint density at radius 2 is 1.96 bits per heavy atom. The average molecular weight is 402 g/mol. The normalized spacial score (nSPS) is 18.9. The van der Waals surface area contributed by atoms with Crippen molar-refractivity contribution in [3.05, 3.63) is 28.2 Å². The van der Waals surface area contributed by atoms with E-state index < -0.39 is 5.25 Å². The number of carbonyl (C=O) groups excluding carboxylic acids is 2. The lowest BCUT2D eigenvalue weighted by Gasteiger charge is -2.16. The number of benzene rings is 1. The first kappa shape index (κ1) is 20.1. The Labute approximate surface area is 162 Å². The SMILES string of the molecule is CCCCN1C(=O)C(CC(=O)NCC)SC1=Nc1cc(Cl)cc(Cl)c1. The third-order valence-corrected chi connectivity index (χ3v) is 5.18. The van der Waals surface area contributed by atoms with E-state index in [1.54, 1.807) is 23.1 Å². The second-order valence-corrected chi connectivity index (χ2v) is 7.67. The van der Waals surface area contributed by atoms with Crippen LogP contribution in [-0.4, -0.2) is 40.2 Å². The van der Waals surface area contributed by atoms with Crippen LogP contribution in [0, 0.1) is 0 Å². The lowest BCUT2D eigenvalue weighted by Crippen LogP contribution is -2.35. The third-order valence-electron chi connectivity index (χ3n) is 3.57. The first-order chi connectivity index (χ1) is 11.9. The van der Waals surface area contributed by atoms with Gasteiger partial charge in [-0.15, -0.1) is 0 Å². The molecule has 0 aliphatic carbocycles. The molecule has 2 rings (SSSR count). The van der Waals surface area contributed by atoms with E-state index in [0.29, 0.717) is 34.0 Å². The molecule has 1 aliphatic rings. The van der Waals surface area contributed by atoms with Crippen LogP contribution in [0.5, 0.6) is 0 Å². The van der Waals surface area contributed by atoms with Crippen molar-refractivity contribution in [3.63, 3.8) is 0 Å². The molecular formula is C17H21Cl2N3O2S. The van der Waals surface area contributed by atoms with Crippen molar-refractivity contribution in [3.8, 4) is 0 Å². The van der Waals surface area contributed by atoms with Crippen LogP contribution in [0.1, 0.15) is 33.1 Å². The standard InChI is InChI=1S/C17H21Cl2N3O2S/c1-3-5-6-22-16(24)14(10-15(23)20-4-2)25-17(22)21-13-8-11(18)7-12(19)9-13/h7-9,14H,3-6,10H2,1-2H3,(H,20,23). The molecule has 1 saturated heterocycles. The number of aliphatic imine (C=N–C) groups is 1. The Morgan fingerprint density at radius 1 is 1.28 bits per heavy atom. The molecule has 1 heterocycles. The van der Waals surface area contributed by atoms with Gasteiger partial charge in [-0.2, -0.15) is 0 Å². The van der Waals surface area contributed by atoms with Crippen LogP contribution in [0.25, 0.3) is 0 Å². The molecule has 136 valence electrons. The molecule has 0 aromatic heterocycles. The molecule has 5 nitrogen and oxygen atoms in total. The van der Waals surface area contributed by atoms with Gasteiger partial charge in [0.2, 0.25) is 11.8 Å². The molecule has 1 atom stereocenters. The fourth-order valence-corrected chi connectivity index (χ4v) is 4.10. The van der Waals surface area contributed by atoms with Crippen LogP contribution in [0.15, 0.2) is 23.2 Å². The van der Waals surface area contributed by atoms with Gasteiger partial charge in [-0.05, 0) is 31.5 Å². The summed E-state index contributed by atoms with van der Waals surface area (Å²) >= 11 is 13.4. The van der Waals surface area contributed by atoms with Gasteiger partial charge in [0.15, 0.2) is 5.17 Å². The van der Waals surface area contributed by atoms with Gasteiger partial charge in [0.25, 0.3) is 0 Å². The number of hydrogen-bond acceptors (Lipinski definition) is 4. The van der Waals surface area contributed by atoms with E-state index in [2.05, 4.69) is 17.2 Å². The number of amides is 2. The number of rotatable bonds is 7. The first-order valence-corrected chi connectivity index (χ1v) is 9.87. The molecule has 25 heavy (non-hydrogen) atoms. The van der Waals surface area contributed by atoms with Crippen molar-refractivity contribution in [2.45, 2.75) is 38.4 Å². The monoisotopic (exact) mass is 401 g/mol. The summed E-state index contributed by atoms with van der Waals surface area (Å²) in [7, 11) is 0. The Balaban J connectivity index is 2.24. The van der Waals surface area contributed by atoms with Crippen LogP contribution in [-0.2, 0) is 9.59 Å². The molecule has 1 aromatic rings. The van der Waals surface area contributed by atoms with E-state index in [9.17, 15) is 9.59 Å². The predicted octanol–water partition coefficient (Wildman–Crippen LogP) is 4.25. The van der Waals surface area contributed by atoms with E-state index in [-0.39, 0.29) is 18.2 Å². The smallest absolute Gasteiger partial charge is 0.242 e. The summed E-state index contributed by atoms with van der Waals surface area (Å²) in [5, 5.41) is 3.85. The summed E-state index contributed by atoms with van der Waals surface area (Å²) in [5.74, 6) is -0.201. The average Bonchev–Trinajstić information content (AvgIpc) is 2.80. The zero-order chi connectivity index (χ0) is 18.4. The van der Waals surface area contributed by atoms with Crippen LogP contribution in [0.4, 0.5) is 5.69 Å². The Kier molecular flexibility index (Phi) is 7.59. The topological polar surface area (TPSA) is 61.8 Å². The minimum atomic E-state index is -0.447. The second kappa shape index (κ2) is 9.46. The van der Waals surface area contributed by atoms with Gasteiger partial charge in [-0.25, -0.2) is 4.99 Å². The summed E-state index contributed by atoms with van der Waals surface area (Å²) in [6.07, 6.45) is 1.98. The summed E-state index contributed by atoms with van der Waals surface area (Å²) < 4.78 is 0. The number of unbranched alkanes of at least 4 members (excludes halogenated alkanes) is 1. The van der Waals surface area contributed by atoms with Crippen LogP contribution < -0.4 is 5.32 Å². The van der Waals surface area contributed by atoms with Crippen molar-refractivity contribution in [2.24, 2.45) is 4.99 Å². The maximum absolute atomic E-state index is 12.7. The quantitative estimate of drug-likeness (QED) is 0.742. The lowest BCUT2D eigenvalue weighted by atomic mass is 10.2. The second-order valence-electron chi connectivity index (χ2n) is 5.63. The summed E-state index contributed by atoms with van der Waals surface area (Å²) in [4.78, 5) is 30.7. The van der Waals surface area contributed by atoms with E-state index in [1.165, 1.54) is 11.8 Å². The molecule has 2 amide bonds. The van der Waals surface area contributed by atoms with Crippen molar-refractivity contribution >= 4 is 57.6 Å². The molecule has 0 radical (unpaired) electrons. The van der Waals surface area contributed by atoms with Gasteiger partial charge in [-0.3, -0.25) is 14.5 Å². The largest absolute Gasteiger partial charge is 0.356 e. The minimum Gasteiger partial charge on any atom is -0.356 e. The van der Waals surface area contributed by atoms with Crippen molar-refractivity contribution in [1.29, 1.82) is 0 Å². The number of nitrogens with zero attached hydrogens (tertiary/aromatic N) is 2. The maximum atomic E-state index is 12.7. The van der Waals surface area contributed by atoms with E-state index in [0.717, 1.165) is 12.8 Å². The fraction of sp³-hybridized carbons (Fsp3) is 0.471. The number of nitrogens with one attached hydrogen (secondary N) is 1. The highest BCUT2D eigenvalue weighted by Gasteiger charge is 2.38. The van der Waals surface area contributed by atoms with Crippen LogP contribution >= 0.6 is 35.0 Å². The third kappa shape index (κ3) is 5.62. The number of carbonyl (C=O) groups is 2. The highest BCUT2D eigenvalue weighted by molar-refractivity contribution is 8.15. The summed E-state index contributed by atoms with van der Waals surface area (Å²) in [5.41, 5.74) is 0.591. The van der Waals surface area contributed by atoms with Gasteiger partial charge >= 0.3 is 0 Å². The highest BCUT2D eigenvalue weighted by Crippen LogP contribution is 2.33. The van der Waals surface area contributed by atoms with Crippen LogP contribution in [0.3, 0.4) is 0 Å². The van der Waals surface area contributed by atoms with E-state index in [4.69, 9.17) is 23.2 Å². The predicted molar refractivity (Wildman–Crippen MR) is 105 cm³/mol. The van der Waals surface area contributed by atoms with Crippen molar-refractivity contribution < 1.29 is 9.59 Å². The molecule has 0 bridgehead atoms. The Bertz CT molecular complexity index is 662. The van der Waals surface area contributed by atoms with Gasteiger partial charge in [0.05, 0.1) is 5.69 Å². The molecule has 1 N–H and O–H groups in total. The van der Waals surface area contributed by atoms with E-state index in [1.807, 2.05) is 6.92 Å². The van der Waals surface area contributed by atoms with Gasteiger partial charge in [-0.1, -0.05) is 48.3 Å². The first-order valence-electron chi connectivity index (χ1n) is 8.24. The number of halogens is 2. The summed E-state index contributed by atoms with van der Waals surface area (Å²) in [6.45, 7) is 5.05. The van der Waals surface area contributed by atoms with Crippen LogP contribution in [0.2, 0.25) is 10.0 Å².